The van der Waals surface area contributed by atoms with E-state index in [0.717, 1.165) is 25.0 Å². The zero-order chi connectivity index (χ0) is 9.68. The van der Waals surface area contributed by atoms with Gasteiger partial charge in [-0.25, -0.2) is 0 Å². The summed E-state index contributed by atoms with van der Waals surface area (Å²) in [6.07, 6.45) is 4.33. The van der Waals surface area contributed by atoms with E-state index in [-0.39, 0.29) is 0 Å². The van der Waals surface area contributed by atoms with Crippen LogP contribution in [-0.4, -0.2) is 37.6 Å². The highest BCUT2D eigenvalue weighted by molar-refractivity contribution is 4.77. The van der Waals surface area contributed by atoms with Crippen LogP contribution in [0.1, 0.15) is 33.1 Å². The molecule has 0 heterocycles. The van der Waals surface area contributed by atoms with Gasteiger partial charge in [0.1, 0.15) is 0 Å². The summed E-state index contributed by atoms with van der Waals surface area (Å²) in [4.78, 5) is 2.34. The molecule has 0 bridgehead atoms. The molecule has 0 aliphatic heterocycles. The fraction of sp³-hybridized carbons (Fsp3) is 1.00. The Kier molecular flexibility index (Phi) is 4.74. The minimum absolute atomic E-state index is 0.720. The van der Waals surface area contributed by atoms with Crippen LogP contribution in [0.2, 0.25) is 0 Å². The monoisotopic (exact) mass is 184 g/mol. The Labute approximate surface area is 82.7 Å². The van der Waals surface area contributed by atoms with Gasteiger partial charge in [-0.3, -0.25) is 0 Å². The van der Waals surface area contributed by atoms with Gasteiger partial charge in [0.15, 0.2) is 0 Å². The molecular weight excluding hydrogens is 160 g/mol. The molecule has 0 aromatic carbocycles. The van der Waals surface area contributed by atoms with Crippen LogP contribution in [0, 0.1) is 5.92 Å². The maximum absolute atomic E-state index is 3.58. The molecule has 1 aliphatic carbocycles. The molecule has 0 amide bonds. The summed E-state index contributed by atoms with van der Waals surface area (Å²) in [5.41, 5.74) is 0. The van der Waals surface area contributed by atoms with Gasteiger partial charge in [0, 0.05) is 19.1 Å². The molecule has 1 fully saturated rings. The smallest absolute Gasteiger partial charge is 0.0104 e. The van der Waals surface area contributed by atoms with Gasteiger partial charge >= 0.3 is 0 Å². The number of rotatable bonds is 7. The van der Waals surface area contributed by atoms with E-state index in [4.69, 9.17) is 0 Å². The van der Waals surface area contributed by atoms with Gasteiger partial charge in [0.25, 0.3) is 0 Å². The van der Waals surface area contributed by atoms with Crippen molar-refractivity contribution < 1.29 is 0 Å². The first-order chi connectivity index (χ1) is 6.22. The molecule has 0 aromatic rings. The predicted octanol–water partition coefficient (Wildman–Crippen LogP) is 1.72. The summed E-state index contributed by atoms with van der Waals surface area (Å²) in [6.45, 7) is 7.97. The zero-order valence-corrected chi connectivity index (χ0v) is 9.34. The summed E-state index contributed by atoms with van der Waals surface area (Å²) >= 11 is 0. The molecule has 78 valence electrons. The third-order valence-electron chi connectivity index (χ3n) is 2.91. The van der Waals surface area contributed by atoms with Crippen LogP contribution in [-0.2, 0) is 0 Å². The molecule has 13 heavy (non-hydrogen) atoms. The third kappa shape index (κ3) is 5.27. The summed E-state index contributed by atoms with van der Waals surface area (Å²) in [5.74, 6) is 1.05. The van der Waals surface area contributed by atoms with Gasteiger partial charge in [-0.1, -0.05) is 19.8 Å². The van der Waals surface area contributed by atoms with Crippen LogP contribution in [0.4, 0.5) is 0 Å². The third-order valence-corrected chi connectivity index (χ3v) is 2.91. The number of nitrogens with zero attached hydrogens (tertiary/aromatic N) is 1. The van der Waals surface area contributed by atoms with Crippen LogP contribution in [0.25, 0.3) is 0 Å². The molecule has 0 aromatic heterocycles. The largest absolute Gasteiger partial charge is 0.313 e. The van der Waals surface area contributed by atoms with Crippen molar-refractivity contribution in [2.24, 2.45) is 5.92 Å². The quantitative estimate of drug-likeness (QED) is 0.648. The first-order valence-corrected chi connectivity index (χ1v) is 5.64. The minimum atomic E-state index is 0.720. The highest BCUT2D eigenvalue weighted by atomic mass is 15.1. The highest BCUT2D eigenvalue weighted by Crippen LogP contribution is 2.33. The molecule has 1 N–H and O–H groups in total. The Morgan fingerprint density at radius 2 is 2.15 bits per heavy atom. The predicted molar refractivity (Wildman–Crippen MR) is 58.0 cm³/mol. The zero-order valence-electron chi connectivity index (χ0n) is 9.34. The van der Waals surface area contributed by atoms with Crippen LogP contribution >= 0.6 is 0 Å². The molecule has 1 saturated carbocycles. The maximum Gasteiger partial charge on any atom is 0.0104 e. The van der Waals surface area contributed by atoms with Gasteiger partial charge in [-0.2, -0.15) is 0 Å². The van der Waals surface area contributed by atoms with Crippen molar-refractivity contribution in [1.82, 2.24) is 10.2 Å². The lowest BCUT2D eigenvalue weighted by Gasteiger charge is -2.17. The number of hydrogen-bond donors (Lipinski definition) is 1. The van der Waals surface area contributed by atoms with E-state index in [1.54, 1.807) is 0 Å². The van der Waals surface area contributed by atoms with Crippen molar-refractivity contribution in [3.05, 3.63) is 0 Å². The van der Waals surface area contributed by atoms with E-state index in [9.17, 15) is 0 Å². The second-order valence-corrected chi connectivity index (χ2v) is 4.43. The fourth-order valence-electron chi connectivity index (χ4n) is 1.60. The fourth-order valence-corrected chi connectivity index (χ4v) is 1.60. The van der Waals surface area contributed by atoms with Crippen LogP contribution in [0.5, 0.6) is 0 Å². The molecule has 1 rings (SSSR count). The van der Waals surface area contributed by atoms with Crippen molar-refractivity contribution in [3.63, 3.8) is 0 Å². The molecule has 1 atom stereocenters. The molecule has 2 nitrogen and oxygen atoms in total. The average Bonchev–Trinajstić information content (AvgIpc) is 2.88. The van der Waals surface area contributed by atoms with E-state index in [1.807, 2.05) is 0 Å². The Bertz CT molecular complexity index is 132. The normalized spacial score (nSPS) is 19.4. The van der Waals surface area contributed by atoms with Crippen molar-refractivity contribution in [1.29, 1.82) is 0 Å². The Hall–Kier alpha value is -0.0800. The summed E-state index contributed by atoms with van der Waals surface area (Å²) < 4.78 is 0. The minimum Gasteiger partial charge on any atom is -0.313 e. The summed E-state index contributed by atoms with van der Waals surface area (Å²) in [5, 5.41) is 3.58. The van der Waals surface area contributed by atoms with Crippen LogP contribution in [0.3, 0.4) is 0 Å². The molecule has 0 saturated heterocycles. The van der Waals surface area contributed by atoms with Crippen molar-refractivity contribution in [3.8, 4) is 0 Å². The van der Waals surface area contributed by atoms with Gasteiger partial charge in [0.2, 0.25) is 0 Å². The van der Waals surface area contributed by atoms with E-state index >= 15 is 0 Å². The molecule has 0 spiro atoms. The first-order valence-electron chi connectivity index (χ1n) is 5.64. The molecule has 2 heteroatoms. The van der Waals surface area contributed by atoms with Crippen molar-refractivity contribution in [2.75, 3.05) is 26.7 Å². The first kappa shape index (κ1) is 11.0. The Morgan fingerprint density at radius 3 is 2.69 bits per heavy atom. The lowest BCUT2D eigenvalue weighted by Crippen LogP contribution is -2.34. The van der Waals surface area contributed by atoms with Crippen molar-refractivity contribution >= 4 is 0 Å². The maximum atomic E-state index is 3.58. The van der Waals surface area contributed by atoms with Gasteiger partial charge in [0.05, 0.1) is 0 Å². The lowest BCUT2D eigenvalue weighted by molar-refractivity contribution is 0.337. The molecular formula is C11H24N2. The van der Waals surface area contributed by atoms with E-state index in [0.29, 0.717) is 0 Å². The van der Waals surface area contributed by atoms with E-state index < -0.39 is 0 Å². The molecule has 1 aliphatic rings. The SMILES string of the molecule is CCN(C)CCNC(C)CC1CC1. The van der Waals surface area contributed by atoms with Gasteiger partial charge in [-0.05, 0) is 32.9 Å². The van der Waals surface area contributed by atoms with Crippen LogP contribution in [0.15, 0.2) is 0 Å². The van der Waals surface area contributed by atoms with Gasteiger partial charge in [-0.15, -0.1) is 0 Å². The van der Waals surface area contributed by atoms with Crippen LogP contribution < -0.4 is 5.32 Å². The second-order valence-electron chi connectivity index (χ2n) is 4.43. The topological polar surface area (TPSA) is 15.3 Å². The molecule has 1 unspecified atom stereocenters. The lowest BCUT2D eigenvalue weighted by atomic mass is 10.1. The Balaban J connectivity index is 1.91. The van der Waals surface area contributed by atoms with Crippen molar-refractivity contribution in [2.45, 2.75) is 39.2 Å². The highest BCUT2D eigenvalue weighted by Gasteiger charge is 2.22. The van der Waals surface area contributed by atoms with Gasteiger partial charge < -0.3 is 10.2 Å². The van der Waals surface area contributed by atoms with E-state index in [2.05, 4.69) is 31.1 Å². The number of likely N-dealkylation sites (N-methyl/N-ethyl adjacent to an activating group) is 1. The Morgan fingerprint density at radius 1 is 1.46 bits per heavy atom. The standard InChI is InChI=1S/C11H24N2/c1-4-13(3)8-7-12-10(2)9-11-5-6-11/h10-12H,4-9H2,1-3H3. The molecule has 0 radical (unpaired) electrons. The number of nitrogens with one attached hydrogen (secondary N) is 1. The summed E-state index contributed by atoms with van der Waals surface area (Å²) in [6, 6.07) is 0.720. The second kappa shape index (κ2) is 5.61. The summed E-state index contributed by atoms with van der Waals surface area (Å²) in [7, 11) is 2.17. The average molecular weight is 184 g/mol. The van der Waals surface area contributed by atoms with E-state index in [1.165, 1.54) is 25.8 Å². The number of hydrogen-bond acceptors (Lipinski definition) is 2.